The van der Waals surface area contributed by atoms with Crippen molar-refractivity contribution in [3.05, 3.63) is 11.6 Å². The van der Waals surface area contributed by atoms with Gasteiger partial charge < -0.3 is 155 Å². The zero-order chi connectivity index (χ0) is 98.7. The van der Waals surface area contributed by atoms with Gasteiger partial charge >= 0.3 is 0 Å². The van der Waals surface area contributed by atoms with E-state index in [1.165, 1.54) is 0 Å². The summed E-state index contributed by atoms with van der Waals surface area (Å²) >= 11 is 0. The molecule has 56 heteroatoms. The first-order chi connectivity index (χ1) is 66.6. The Morgan fingerprint density at radius 2 is 0.358 bits per heavy atom. The maximum atomic E-state index is 8.89. The molecule has 0 fully saturated rings. The Labute approximate surface area is 800 Å². The van der Waals surface area contributed by atoms with E-state index in [2.05, 4.69) is 220 Å². The largest absolute Gasteiger partial charge is 0.396 e. The highest BCUT2D eigenvalue weighted by molar-refractivity contribution is 5.47. The minimum atomic E-state index is 0.101. The van der Waals surface area contributed by atoms with Crippen molar-refractivity contribution < 1.29 is 20.4 Å². The quantitative estimate of drug-likeness (QED) is 0.0237. The van der Waals surface area contributed by atoms with Gasteiger partial charge in [-0.1, -0.05) is 52.4 Å². The van der Waals surface area contributed by atoms with Crippen LogP contribution in [0.2, 0.25) is 0 Å². The van der Waals surface area contributed by atoms with E-state index < -0.39 is 0 Å². The predicted molar refractivity (Wildman–Crippen MR) is 543 cm³/mol. The molecule has 758 valence electrons. The Morgan fingerprint density at radius 1 is 0.190 bits per heavy atom. The molecule has 0 aromatic carbocycles. The van der Waals surface area contributed by atoms with Crippen LogP contribution in [0.4, 0.5) is 149 Å². The Hall–Kier alpha value is -14.1. The van der Waals surface area contributed by atoms with E-state index in [0.717, 1.165) is 258 Å². The number of anilines is 25. The van der Waals surface area contributed by atoms with E-state index in [9.17, 15) is 0 Å². The fourth-order valence-electron chi connectivity index (χ4n) is 12.3. The van der Waals surface area contributed by atoms with Gasteiger partial charge in [-0.2, -0.15) is 135 Å². The standard InChI is InChI=1S/C27H50N18O.C20H36N10O.C18H34N12O.C16H30N12O/c28-19-37-20(29)39-23(38-19)32-13-7-1-2-8-14-33-24-40-21(30)41-25(44-24)34-15-9-3-4-10-16-35-26-42-22(31)43-27(45-26)36-17-11-5-6-12-18-46;1-3-15-25-17(21)29-18(26-15)22-11-7-5-8-12-23-19-27-16(4-2)28-20(30-19)24-13-9-6-10-14-31;1-19-13-24-14(20-2)26-16(25-13)22-9-5-7-11-30(4)18-28-15(21-3)27-17(29-18)23-10-6-8-12-31;1-19-13-22-11(17)23-14(26-13)20-7-3-5-9-28(2)16-25-12(18)24-15(27-16)21-8-4-6-10-29/h46H,1-18H2,(H5,28,29,32,37,38,39)(H4,30,33,34,40,41,44)(H4,31,35,36,42,43,45);31H,3-14H2,1-2H3,(H3,21,22,25,26,29)(H2,23,24,27,28,30);31H,5-12H2,1-4H3,(H2,21,23,27,28,29)(H3,19,20,22,24,25,26);29H,3-10H2,1-2H3,(H3,18,21,24,25,27)(H4,17,19,20,22,23,26). The Bertz CT molecular complexity index is 4710. The molecule has 0 radical (unpaired) electrons. The van der Waals surface area contributed by atoms with Crippen molar-refractivity contribution in [2.45, 2.75) is 194 Å². The highest BCUT2D eigenvalue weighted by Gasteiger charge is 2.16. The van der Waals surface area contributed by atoms with Gasteiger partial charge in [0.05, 0.1) is 0 Å². The highest BCUT2D eigenvalue weighted by atomic mass is 16.3. The molecule has 0 saturated carbocycles. The number of nitrogen functional groups attached to an aromatic ring is 7. The molecule has 9 rings (SSSR count). The maximum absolute atomic E-state index is 8.89. The molecule has 0 aliphatic rings. The van der Waals surface area contributed by atoms with Gasteiger partial charge in [0.15, 0.2) is 0 Å². The van der Waals surface area contributed by atoms with Crippen molar-refractivity contribution in [1.82, 2.24) is 135 Å². The van der Waals surface area contributed by atoms with Crippen LogP contribution in [0, 0.1) is 0 Å². The Morgan fingerprint density at radius 3 is 0.672 bits per heavy atom. The molecule has 56 nitrogen and oxygen atoms in total. The van der Waals surface area contributed by atoms with Gasteiger partial charge in [0, 0.05) is 173 Å². The number of aromatic nitrogens is 27. The summed E-state index contributed by atoms with van der Waals surface area (Å²) < 4.78 is 0. The molecule has 137 heavy (non-hydrogen) atoms. The molecule has 0 aliphatic carbocycles. The van der Waals surface area contributed by atoms with E-state index in [4.69, 9.17) is 60.6 Å². The first kappa shape index (κ1) is 112. The minimum Gasteiger partial charge on any atom is -0.396 e. The molecule has 34 N–H and O–H groups in total. The zero-order valence-corrected chi connectivity index (χ0v) is 80.8. The molecule has 0 amide bonds. The van der Waals surface area contributed by atoms with E-state index in [-0.39, 0.29) is 68.1 Å². The van der Waals surface area contributed by atoms with Gasteiger partial charge in [0.25, 0.3) is 0 Å². The number of rotatable bonds is 69. The number of nitrogens with two attached hydrogens (primary N) is 7. The molecule has 0 aliphatic heterocycles. The van der Waals surface area contributed by atoms with Crippen molar-refractivity contribution in [2.24, 2.45) is 0 Å². The van der Waals surface area contributed by atoms with Crippen LogP contribution in [0.3, 0.4) is 0 Å². The fraction of sp³-hybridized carbons (Fsp3) is 0.667. The number of aryl methyl sites for hydroxylation is 2. The summed E-state index contributed by atoms with van der Waals surface area (Å²) in [7, 11) is 10.9. The molecule has 9 heterocycles. The summed E-state index contributed by atoms with van der Waals surface area (Å²) in [5.74, 6) is 11.6. The van der Waals surface area contributed by atoms with E-state index in [1.807, 2.05) is 37.7 Å². The molecule has 0 spiro atoms. The third kappa shape index (κ3) is 49.1. The van der Waals surface area contributed by atoms with Gasteiger partial charge in [-0.15, -0.1) is 0 Å². The second-order valence-electron chi connectivity index (χ2n) is 30.9. The topological polar surface area (TPSA) is 810 Å². The van der Waals surface area contributed by atoms with Gasteiger partial charge in [-0.3, -0.25) is 0 Å². The van der Waals surface area contributed by atoms with E-state index >= 15 is 0 Å². The summed E-state index contributed by atoms with van der Waals surface area (Å²) in [6.07, 6.45) is 25.9. The smallest absolute Gasteiger partial charge is 0.231 e. The third-order valence-corrected chi connectivity index (χ3v) is 19.5. The summed E-state index contributed by atoms with van der Waals surface area (Å²) in [4.78, 5) is 118. The van der Waals surface area contributed by atoms with Crippen LogP contribution in [0.25, 0.3) is 0 Å². The second-order valence-corrected chi connectivity index (χ2v) is 30.9. The van der Waals surface area contributed by atoms with Crippen LogP contribution in [-0.2, 0) is 12.8 Å². The minimum absolute atomic E-state index is 0.101. The van der Waals surface area contributed by atoms with E-state index in [1.54, 1.807) is 28.2 Å². The molecule has 0 atom stereocenters. The number of hydrogen-bond donors (Lipinski definition) is 27. The van der Waals surface area contributed by atoms with Crippen molar-refractivity contribution >= 4 is 149 Å². The van der Waals surface area contributed by atoms with Crippen LogP contribution in [0.1, 0.15) is 192 Å². The molecular formula is C81H150N52O4. The van der Waals surface area contributed by atoms with Crippen molar-refractivity contribution in [1.29, 1.82) is 0 Å². The molecule has 9 aromatic rings. The Kier molecular flexibility index (Phi) is 55.4. The molecule has 0 bridgehead atoms. The monoisotopic (exact) mass is 1920 g/mol. The maximum Gasteiger partial charge on any atom is 0.231 e. The lowest BCUT2D eigenvalue weighted by molar-refractivity contribution is 0.282. The molecular weight excluding hydrogens is 1770 g/mol. The van der Waals surface area contributed by atoms with Crippen LogP contribution in [0.15, 0.2) is 0 Å². The summed E-state index contributed by atoms with van der Waals surface area (Å²) in [5, 5.41) is 85.4. The Balaban J connectivity index is 0.000000286. The number of nitrogens with zero attached hydrogens (tertiary/aromatic N) is 29. The van der Waals surface area contributed by atoms with Crippen LogP contribution >= 0.6 is 0 Å². The number of nitrogens with one attached hydrogen (secondary N) is 16. The number of hydrogen-bond acceptors (Lipinski definition) is 56. The highest BCUT2D eigenvalue weighted by Crippen LogP contribution is 2.20. The van der Waals surface area contributed by atoms with Crippen molar-refractivity contribution in [2.75, 3.05) is 295 Å². The SMILES string of the molecule is CCc1nc(N)nc(NCCCCCNc2nc(CC)nc(NCCCCCO)n2)n1.CNc1nc(N)nc(NCCCCN(C)c2nc(N)nc(NCCCCO)n2)n1.CNc1nc(NC)nc(NCCCCN(C)c2nc(NC)nc(NCCCCO)n2)n1.Nc1nc(N)nc(NCCCCCCNc2nc(N)nc(NCCCCCCNc3nc(N)nc(NCCCCCCO)n3)n2)n1. The third-order valence-electron chi connectivity index (χ3n) is 19.5. The van der Waals surface area contributed by atoms with Crippen molar-refractivity contribution in [3.8, 4) is 0 Å². The number of aliphatic hydroxyl groups excluding tert-OH is 4. The molecule has 0 saturated heterocycles. The second kappa shape index (κ2) is 68.0. The van der Waals surface area contributed by atoms with Gasteiger partial charge in [-0.25, -0.2) is 0 Å². The van der Waals surface area contributed by atoms with Crippen LogP contribution < -0.4 is 135 Å². The number of aliphatic hydroxyl groups is 4. The number of unbranched alkanes of at least 4 members (excludes halogenated alkanes) is 17. The van der Waals surface area contributed by atoms with E-state index in [0.29, 0.717) is 133 Å². The predicted octanol–water partition coefficient (Wildman–Crippen LogP) is 4.21. The summed E-state index contributed by atoms with van der Waals surface area (Å²) in [6, 6.07) is 0. The lowest BCUT2D eigenvalue weighted by Crippen LogP contribution is -2.23. The average molecular weight is 1920 g/mol. The lowest BCUT2D eigenvalue weighted by Gasteiger charge is -2.18. The van der Waals surface area contributed by atoms with Crippen LogP contribution in [0.5, 0.6) is 0 Å². The van der Waals surface area contributed by atoms with Gasteiger partial charge in [0.2, 0.25) is 149 Å². The first-order valence-corrected chi connectivity index (χ1v) is 47.2. The lowest BCUT2D eigenvalue weighted by atomic mass is 10.2. The first-order valence-electron chi connectivity index (χ1n) is 47.2. The fourth-order valence-corrected chi connectivity index (χ4v) is 12.3. The summed E-state index contributed by atoms with van der Waals surface area (Å²) in [6.45, 7) is 15.2. The van der Waals surface area contributed by atoms with Crippen molar-refractivity contribution in [3.63, 3.8) is 0 Å². The molecule has 0 unspecified atom stereocenters. The molecule has 9 aromatic heterocycles. The summed E-state index contributed by atoms with van der Waals surface area (Å²) in [5.41, 5.74) is 40.0. The van der Waals surface area contributed by atoms with Crippen LogP contribution in [-0.4, -0.2) is 315 Å². The average Bonchev–Trinajstić information content (AvgIpc) is 0.848. The zero-order valence-electron chi connectivity index (χ0n) is 80.8. The normalized spacial score (nSPS) is 10.7. The van der Waals surface area contributed by atoms with Gasteiger partial charge in [0.1, 0.15) is 11.6 Å². The van der Waals surface area contributed by atoms with Gasteiger partial charge in [-0.05, 0) is 128 Å².